The molecular formula is C17H17F2NO4S. The van der Waals surface area contributed by atoms with Gasteiger partial charge in [0.25, 0.3) is 5.91 Å². The van der Waals surface area contributed by atoms with Gasteiger partial charge in [0, 0.05) is 5.56 Å². The summed E-state index contributed by atoms with van der Waals surface area (Å²) >= 11 is 0. The largest absolute Gasteiger partial charge is 0.492 e. The third-order valence-corrected chi connectivity index (χ3v) is 4.76. The van der Waals surface area contributed by atoms with Crippen LogP contribution in [0.4, 0.5) is 8.78 Å². The molecule has 1 N–H and O–H groups in total. The molecule has 2 rings (SSSR count). The Morgan fingerprint density at radius 1 is 1.08 bits per heavy atom. The average Bonchev–Trinajstić information content (AvgIpc) is 2.60. The molecule has 0 atom stereocenters. The molecule has 2 aromatic rings. The number of aryl methyl sites for hydroxylation is 1. The lowest BCUT2D eigenvalue weighted by Crippen LogP contribution is -2.28. The van der Waals surface area contributed by atoms with Gasteiger partial charge in [-0.15, -0.1) is 0 Å². The van der Waals surface area contributed by atoms with Crippen molar-refractivity contribution in [3.05, 3.63) is 59.7 Å². The highest BCUT2D eigenvalue weighted by molar-refractivity contribution is 7.91. The fourth-order valence-corrected chi connectivity index (χ4v) is 2.69. The summed E-state index contributed by atoms with van der Waals surface area (Å²) in [5, 5.41) is 2.60. The third-order valence-electron chi connectivity index (χ3n) is 3.36. The van der Waals surface area contributed by atoms with Gasteiger partial charge in [-0.3, -0.25) is 4.79 Å². The van der Waals surface area contributed by atoms with E-state index in [9.17, 15) is 22.0 Å². The first-order valence-corrected chi connectivity index (χ1v) is 8.95. The van der Waals surface area contributed by atoms with E-state index >= 15 is 0 Å². The topological polar surface area (TPSA) is 72.5 Å². The Kier molecular flexibility index (Phi) is 6.08. The number of ether oxygens (including phenoxy) is 1. The van der Waals surface area contributed by atoms with Gasteiger partial charge in [-0.2, -0.15) is 8.78 Å². The molecule has 2 aromatic carbocycles. The molecule has 0 saturated heterocycles. The van der Waals surface area contributed by atoms with Crippen molar-refractivity contribution in [3.8, 4) is 5.75 Å². The SMILES string of the molecule is Cc1ccc(OCCNC(=O)c2ccc(S(=O)(=O)C(F)F)cc2)cc1. The van der Waals surface area contributed by atoms with Crippen LogP contribution in [0.5, 0.6) is 5.75 Å². The predicted molar refractivity (Wildman–Crippen MR) is 88.6 cm³/mol. The van der Waals surface area contributed by atoms with Gasteiger partial charge < -0.3 is 10.1 Å². The lowest BCUT2D eigenvalue weighted by Gasteiger charge is -2.08. The van der Waals surface area contributed by atoms with Crippen LogP contribution in [0.25, 0.3) is 0 Å². The normalized spacial score (nSPS) is 11.4. The quantitative estimate of drug-likeness (QED) is 0.762. The second kappa shape index (κ2) is 8.06. The maximum atomic E-state index is 12.4. The number of benzene rings is 2. The summed E-state index contributed by atoms with van der Waals surface area (Å²) in [6.07, 6.45) is 0. The molecule has 25 heavy (non-hydrogen) atoms. The van der Waals surface area contributed by atoms with Crippen molar-refractivity contribution in [1.29, 1.82) is 0 Å². The van der Waals surface area contributed by atoms with Crippen LogP contribution in [-0.4, -0.2) is 33.2 Å². The number of rotatable bonds is 7. The number of sulfone groups is 1. The highest BCUT2D eigenvalue weighted by Gasteiger charge is 2.26. The van der Waals surface area contributed by atoms with Crippen molar-refractivity contribution in [3.63, 3.8) is 0 Å². The molecule has 0 saturated carbocycles. The molecule has 0 aliphatic carbocycles. The molecule has 0 aliphatic rings. The standard InChI is InChI=1S/C17H17F2NO4S/c1-12-2-6-14(7-3-12)24-11-10-20-16(21)13-4-8-15(9-5-13)25(22,23)17(18)19/h2-9,17H,10-11H2,1H3,(H,20,21). The first-order chi connectivity index (χ1) is 11.8. The van der Waals surface area contributed by atoms with Gasteiger partial charge in [-0.25, -0.2) is 8.42 Å². The van der Waals surface area contributed by atoms with E-state index in [1.165, 1.54) is 12.1 Å². The molecule has 1 amide bonds. The number of carbonyl (C=O) groups is 1. The summed E-state index contributed by atoms with van der Waals surface area (Å²) in [5.74, 6) is -3.26. The van der Waals surface area contributed by atoms with E-state index in [1.807, 2.05) is 31.2 Å². The Bertz CT molecular complexity index is 819. The summed E-state index contributed by atoms with van der Waals surface area (Å²) in [6.45, 7) is 2.46. The molecular weight excluding hydrogens is 352 g/mol. The first-order valence-electron chi connectivity index (χ1n) is 7.40. The van der Waals surface area contributed by atoms with E-state index in [-0.39, 0.29) is 18.7 Å². The molecule has 0 heterocycles. The first kappa shape index (κ1) is 18.9. The van der Waals surface area contributed by atoms with Crippen molar-refractivity contribution in [1.82, 2.24) is 5.32 Å². The predicted octanol–water partition coefficient (Wildman–Crippen LogP) is 2.80. The minimum absolute atomic E-state index is 0.170. The van der Waals surface area contributed by atoms with Gasteiger partial charge >= 0.3 is 5.76 Å². The van der Waals surface area contributed by atoms with Crippen molar-refractivity contribution < 1.29 is 26.7 Å². The molecule has 0 radical (unpaired) electrons. The van der Waals surface area contributed by atoms with E-state index in [4.69, 9.17) is 4.74 Å². The minimum atomic E-state index is -4.66. The summed E-state index contributed by atoms with van der Waals surface area (Å²) in [4.78, 5) is 11.4. The van der Waals surface area contributed by atoms with Crippen molar-refractivity contribution in [2.45, 2.75) is 17.6 Å². The molecule has 0 bridgehead atoms. The number of hydrogen-bond acceptors (Lipinski definition) is 4. The summed E-state index contributed by atoms with van der Waals surface area (Å²) in [7, 11) is -4.66. The second-order valence-corrected chi connectivity index (χ2v) is 7.17. The zero-order chi connectivity index (χ0) is 18.4. The number of amides is 1. The Labute approximate surface area is 144 Å². The third kappa shape index (κ3) is 4.99. The number of halogens is 2. The van der Waals surface area contributed by atoms with Crippen LogP contribution in [-0.2, 0) is 9.84 Å². The Balaban J connectivity index is 1.85. The number of alkyl halides is 2. The van der Waals surface area contributed by atoms with E-state index in [0.717, 1.165) is 17.7 Å². The van der Waals surface area contributed by atoms with E-state index in [1.54, 1.807) is 0 Å². The van der Waals surface area contributed by atoms with Crippen LogP contribution in [0.15, 0.2) is 53.4 Å². The molecule has 0 aliphatic heterocycles. The van der Waals surface area contributed by atoms with Crippen LogP contribution < -0.4 is 10.1 Å². The molecule has 8 heteroatoms. The zero-order valence-corrected chi connectivity index (χ0v) is 14.2. The molecule has 134 valence electrons. The van der Waals surface area contributed by atoms with Crippen LogP contribution >= 0.6 is 0 Å². The maximum absolute atomic E-state index is 12.4. The number of nitrogens with one attached hydrogen (secondary N) is 1. The van der Waals surface area contributed by atoms with Crippen LogP contribution in [0.1, 0.15) is 15.9 Å². The van der Waals surface area contributed by atoms with Crippen molar-refractivity contribution >= 4 is 15.7 Å². The Morgan fingerprint density at radius 2 is 1.68 bits per heavy atom. The molecule has 0 fully saturated rings. The summed E-state index contributed by atoms with van der Waals surface area (Å²) in [5.41, 5.74) is 1.28. The van der Waals surface area contributed by atoms with Crippen LogP contribution in [0, 0.1) is 6.92 Å². The summed E-state index contributed by atoms with van der Waals surface area (Å²) in [6, 6.07) is 11.8. The number of carbonyl (C=O) groups excluding carboxylic acids is 1. The zero-order valence-electron chi connectivity index (χ0n) is 13.4. The fourth-order valence-electron chi connectivity index (χ4n) is 1.97. The lowest BCUT2D eigenvalue weighted by atomic mass is 10.2. The molecule has 0 unspecified atom stereocenters. The highest BCUT2D eigenvalue weighted by Crippen LogP contribution is 2.18. The van der Waals surface area contributed by atoms with Gasteiger partial charge in [-0.1, -0.05) is 17.7 Å². The molecule has 0 spiro atoms. The number of hydrogen-bond donors (Lipinski definition) is 1. The Morgan fingerprint density at radius 3 is 2.24 bits per heavy atom. The van der Waals surface area contributed by atoms with Gasteiger partial charge in [0.15, 0.2) is 0 Å². The second-order valence-electron chi connectivity index (χ2n) is 5.25. The van der Waals surface area contributed by atoms with Crippen LogP contribution in [0.3, 0.4) is 0 Å². The fraction of sp³-hybridized carbons (Fsp3) is 0.235. The van der Waals surface area contributed by atoms with Gasteiger partial charge in [0.2, 0.25) is 9.84 Å². The Hall–Kier alpha value is -2.48. The van der Waals surface area contributed by atoms with Crippen LogP contribution in [0.2, 0.25) is 0 Å². The van der Waals surface area contributed by atoms with E-state index in [0.29, 0.717) is 5.75 Å². The summed E-state index contributed by atoms with van der Waals surface area (Å²) < 4.78 is 53.0. The smallest absolute Gasteiger partial charge is 0.341 e. The van der Waals surface area contributed by atoms with Gasteiger partial charge in [-0.05, 0) is 43.3 Å². The highest BCUT2D eigenvalue weighted by atomic mass is 32.2. The van der Waals surface area contributed by atoms with Crippen molar-refractivity contribution in [2.75, 3.05) is 13.2 Å². The van der Waals surface area contributed by atoms with Crippen molar-refractivity contribution in [2.24, 2.45) is 0 Å². The molecule has 5 nitrogen and oxygen atoms in total. The van der Waals surface area contributed by atoms with E-state index < -0.39 is 26.4 Å². The maximum Gasteiger partial charge on any atom is 0.341 e. The van der Waals surface area contributed by atoms with Gasteiger partial charge in [0.05, 0.1) is 11.4 Å². The average molecular weight is 369 g/mol. The van der Waals surface area contributed by atoms with E-state index in [2.05, 4.69) is 5.32 Å². The van der Waals surface area contributed by atoms with Gasteiger partial charge in [0.1, 0.15) is 12.4 Å². The monoisotopic (exact) mass is 369 g/mol. The molecule has 0 aromatic heterocycles. The lowest BCUT2D eigenvalue weighted by molar-refractivity contribution is 0.0947. The minimum Gasteiger partial charge on any atom is -0.492 e.